The lowest BCUT2D eigenvalue weighted by Gasteiger charge is -2.13. The molecule has 4 rings (SSSR count). The van der Waals surface area contributed by atoms with Crippen molar-refractivity contribution >= 4 is 11.5 Å². The maximum atomic E-state index is 13.0. The fourth-order valence-electron chi connectivity index (χ4n) is 3.83. The van der Waals surface area contributed by atoms with Gasteiger partial charge in [0.15, 0.2) is 0 Å². The Hall–Kier alpha value is -3.50. The van der Waals surface area contributed by atoms with Gasteiger partial charge in [-0.2, -0.15) is 18.3 Å². The predicted octanol–water partition coefficient (Wildman–Crippen LogP) is 3.24. The molecule has 0 spiro atoms. The Labute approximate surface area is 181 Å². The molecule has 1 aromatic carbocycles. The standard InChI is InChI=1S/C21H23F3N6O2/c1-3-8-30-19(31)16-18(29(4-2)20(30)32)27-17(26-16)14-10-25-28(12-14)11-13-6-5-7-15(9-13)21(22,23)24/h5-7,9-10,12,17,26-27H,3-4,8,11H2,1-2H3. The highest BCUT2D eigenvalue weighted by atomic mass is 19.4. The number of hydrogen-bond donors (Lipinski definition) is 2. The van der Waals surface area contributed by atoms with Gasteiger partial charge in [-0.05, 0) is 31.0 Å². The summed E-state index contributed by atoms with van der Waals surface area (Å²) < 4.78 is 43.1. The summed E-state index contributed by atoms with van der Waals surface area (Å²) in [6.45, 7) is 4.59. The van der Waals surface area contributed by atoms with Crippen molar-refractivity contribution in [2.24, 2.45) is 0 Å². The summed E-state index contributed by atoms with van der Waals surface area (Å²) >= 11 is 0. The number of rotatable bonds is 6. The van der Waals surface area contributed by atoms with E-state index >= 15 is 0 Å². The third-order valence-electron chi connectivity index (χ3n) is 5.35. The van der Waals surface area contributed by atoms with Gasteiger partial charge in [-0.1, -0.05) is 19.1 Å². The molecule has 32 heavy (non-hydrogen) atoms. The molecule has 170 valence electrons. The van der Waals surface area contributed by atoms with E-state index in [1.165, 1.54) is 19.9 Å². The van der Waals surface area contributed by atoms with Crippen LogP contribution in [0, 0.1) is 0 Å². The first-order chi connectivity index (χ1) is 15.2. The number of halogens is 3. The SMILES string of the molecule is CCCn1c(=O)c2c(n(CC)c1=O)NC(c1cnn(Cc3cccc(C(F)(F)F)c3)c1)N2. The van der Waals surface area contributed by atoms with Gasteiger partial charge in [0.05, 0.1) is 18.3 Å². The largest absolute Gasteiger partial charge is 0.416 e. The number of nitrogens with zero attached hydrogens (tertiary/aromatic N) is 4. The molecule has 1 aliphatic heterocycles. The monoisotopic (exact) mass is 448 g/mol. The molecule has 2 N–H and O–H groups in total. The van der Waals surface area contributed by atoms with Crippen LogP contribution in [0.15, 0.2) is 46.2 Å². The van der Waals surface area contributed by atoms with Crippen LogP contribution in [-0.4, -0.2) is 18.9 Å². The van der Waals surface area contributed by atoms with Gasteiger partial charge in [0.2, 0.25) is 0 Å². The van der Waals surface area contributed by atoms with E-state index in [1.807, 2.05) is 13.8 Å². The molecule has 0 aliphatic carbocycles. The van der Waals surface area contributed by atoms with Gasteiger partial charge in [0.25, 0.3) is 5.56 Å². The van der Waals surface area contributed by atoms with Crippen molar-refractivity contribution in [1.82, 2.24) is 18.9 Å². The van der Waals surface area contributed by atoms with Crippen LogP contribution in [0.4, 0.5) is 24.7 Å². The Morgan fingerprint density at radius 3 is 2.59 bits per heavy atom. The summed E-state index contributed by atoms with van der Waals surface area (Å²) in [7, 11) is 0. The molecule has 1 atom stereocenters. The maximum absolute atomic E-state index is 13.0. The second-order valence-electron chi connectivity index (χ2n) is 7.60. The average molecular weight is 448 g/mol. The summed E-state index contributed by atoms with van der Waals surface area (Å²) in [5.74, 6) is 0.422. The second kappa shape index (κ2) is 8.21. The van der Waals surface area contributed by atoms with E-state index in [0.29, 0.717) is 42.1 Å². The molecule has 8 nitrogen and oxygen atoms in total. The fraction of sp³-hybridized carbons (Fsp3) is 0.381. The summed E-state index contributed by atoms with van der Waals surface area (Å²) in [5.41, 5.74) is 0.00155. The van der Waals surface area contributed by atoms with Gasteiger partial charge in [-0.15, -0.1) is 0 Å². The molecule has 3 heterocycles. The van der Waals surface area contributed by atoms with Crippen LogP contribution in [0.5, 0.6) is 0 Å². The molecule has 2 aromatic heterocycles. The molecular weight excluding hydrogens is 425 g/mol. The van der Waals surface area contributed by atoms with Crippen LogP contribution in [-0.2, 0) is 25.8 Å². The highest BCUT2D eigenvalue weighted by Crippen LogP contribution is 2.32. The first-order valence-electron chi connectivity index (χ1n) is 10.3. The zero-order valence-electron chi connectivity index (χ0n) is 17.6. The molecule has 0 saturated heterocycles. The van der Waals surface area contributed by atoms with E-state index in [0.717, 1.165) is 12.1 Å². The quantitative estimate of drug-likeness (QED) is 0.605. The lowest BCUT2D eigenvalue weighted by atomic mass is 10.1. The minimum absolute atomic E-state index is 0.159. The number of hydrogen-bond acceptors (Lipinski definition) is 5. The van der Waals surface area contributed by atoms with Gasteiger partial charge in [-0.25, -0.2) is 4.79 Å². The van der Waals surface area contributed by atoms with Crippen molar-refractivity contribution in [3.8, 4) is 0 Å². The molecule has 0 amide bonds. The number of fused-ring (bicyclic) bond motifs is 1. The third kappa shape index (κ3) is 3.90. The molecule has 0 radical (unpaired) electrons. The van der Waals surface area contributed by atoms with Gasteiger partial charge >= 0.3 is 11.9 Å². The van der Waals surface area contributed by atoms with E-state index in [4.69, 9.17) is 0 Å². The van der Waals surface area contributed by atoms with Gasteiger partial charge in [-0.3, -0.25) is 18.6 Å². The smallest absolute Gasteiger partial charge is 0.354 e. The highest BCUT2D eigenvalue weighted by Gasteiger charge is 2.31. The number of aromatic nitrogens is 4. The minimum atomic E-state index is -4.41. The molecule has 0 bridgehead atoms. The third-order valence-corrected chi connectivity index (χ3v) is 5.35. The first kappa shape index (κ1) is 21.7. The van der Waals surface area contributed by atoms with E-state index in [2.05, 4.69) is 15.7 Å². The minimum Gasteiger partial charge on any atom is -0.354 e. The van der Waals surface area contributed by atoms with Crippen LogP contribution >= 0.6 is 0 Å². The number of anilines is 2. The highest BCUT2D eigenvalue weighted by molar-refractivity contribution is 5.70. The Kier molecular flexibility index (Phi) is 5.57. The summed E-state index contributed by atoms with van der Waals surface area (Å²) in [6.07, 6.45) is -0.993. The lowest BCUT2D eigenvalue weighted by Crippen LogP contribution is -2.40. The number of nitrogens with one attached hydrogen (secondary N) is 2. The molecule has 11 heteroatoms. The Balaban J connectivity index is 1.59. The van der Waals surface area contributed by atoms with Gasteiger partial charge < -0.3 is 10.6 Å². The van der Waals surface area contributed by atoms with Crippen LogP contribution in [0.3, 0.4) is 0 Å². The van der Waals surface area contributed by atoms with E-state index < -0.39 is 17.9 Å². The van der Waals surface area contributed by atoms with Crippen LogP contribution < -0.4 is 21.9 Å². The van der Waals surface area contributed by atoms with Crippen molar-refractivity contribution < 1.29 is 13.2 Å². The van der Waals surface area contributed by atoms with Crippen LogP contribution in [0.1, 0.15) is 43.1 Å². The Bertz CT molecular complexity index is 1260. The van der Waals surface area contributed by atoms with Crippen molar-refractivity contribution in [2.45, 2.75) is 52.2 Å². The van der Waals surface area contributed by atoms with Crippen LogP contribution in [0.25, 0.3) is 0 Å². The van der Waals surface area contributed by atoms with Gasteiger partial charge in [0.1, 0.15) is 17.7 Å². The molecule has 0 fully saturated rings. The van der Waals surface area contributed by atoms with Crippen molar-refractivity contribution in [1.29, 1.82) is 0 Å². The molecule has 1 aliphatic rings. The normalized spacial score (nSPS) is 15.3. The second-order valence-corrected chi connectivity index (χ2v) is 7.60. The first-order valence-corrected chi connectivity index (χ1v) is 10.3. The predicted molar refractivity (Wildman–Crippen MR) is 114 cm³/mol. The molecule has 1 unspecified atom stereocenters. The van der Waals surface area contributed by atoms with Crippen molar-refractivity contribution in [3.63, 3.8) is 0 Å². The van der Waals surface area contributed by atoms with Crippen molar-refractivity contribution in [2.75, 3.05) is 10.6 Å². The lowest BCUT2D eigenvalue weighted by molar-refractivity contribution is -0.137. The zero-order chi connectivity index (χ0) is 23.0. The summed E-state index contributed by atoms with van der Waals surface area (Å²) in [5, 5.41) is 10.5. The fourth-order valence-corrected chi connectivity index (χ4v) is 3.83. The van der Waals surface area contributed by atoms with E-state index in [9.17, 15) is 22.8 Å². The van der Waals surface area contributed by atoms with Crippen molar-refractivity contribution in [3.05, 3.63) is 74.2 Å². The average Bonchev–Trinajstić information content (AvgIpc) is 3.39. The Morgan fingerprint density at radius 2 is 1.91 bits per heavy atom. The van der Waals surface area contributed by atoms with E-state index in [-0.39, 0.29) is 17.8 Å². The maximum Gasteiger partial charge on any atom is 0.416 e. The number of alkyl halides is 3. The number of benzene rings is 1. The summed E-state index contributed by atoms with van der Waals surface area (Å²) in [4.78, 5) is 25.5. The summed E-state index contributed by atoms with van der Waals surface area (Å²) in [6, 6.07) is 5.10. The molecule has 3 aromatic rings. The molecular formula is C21H23F3N6O2. The van der Waals surface area contributed by atoms with Gasteiger partial charge in [0, 0.05) is 24.8 Å². The topological polar surface area (TPSA) is 85.9 Å². The van der Waals surface area contributed by atoms with Crippen LogP contribution in [0.2, 0.25) is 0 Å². The van der Waals surface area contributed by atoms with E-state index in [1.54, 1.807) is 18.5 Å². The molecule has 0 saturated carbocycles. The Morgan fingerprint density at radius 1 is 1.12 bits per heavy atom. The zero-order valence-corrected chi connectivity index (χ0v) is 17.6.